The summed E-state index contributed by atoms with van der Waals surface area (Å²) < 4.78 is 1.86. The van der Waals surface area contributed by atoms with E-state index in [4.69, 9.17) is 0 Å². The van der Waals surface area contributed by atoms with Gasteiger partial charge in [-0.3, -0.25) is 0 Å². The van der Waals surface area contributed by atoms with Crippen molar-refractivity contribution >= 4 is 22.4 Å². The van der Waals surface area contributed by atoms with Gasteiger partial charge in [0, 0.05) is 36.2 Å². The summed E-state index contributed by atoms with van der Waals surface area (Å²) in [4.78, 5) is 18.5. The van der Waals surface area contributed by atoms with Gasteiger partial charge in [-0.1, -0.05) is 6.07 Å². The Morgan fingerprint density at radius 2 is 2.24 bits per heavy atom. The number of carbonyl (C=O) groups is 1. The minimum atomic E-state index is -0.903. The molecule has 3 aromatic rings. The summed E-state index contributed by atoms with van der Waals surface area (Å²) in [5.41, 5.74) is 3.08. The van der Waals surface area contributed by atoms with Crippen LogP contribution in [0, 0.1) is 0 Å². The maximum absolute atomic E-state index is 11.4. The van der Waals surface area contributed by atoms with Crippen molar-refractivity contribution in [3.05, 3.63) is 60.3 Å². The lowest BCUT2D eigenvalue weighted by Crippen LogP contribution is -2.06. The number of benzene rings is 1. The second kappa shape index (κ2) is 5.28. The summed E-state index contributed by atoms with van der Waals surface area (Å²) in [6.45, 7) is 2.12. The molecule has 2 aromatic heterocycles. The smallest absolute Gasteiger partial charge is 0.331 e. The van der Waals surface area contributed by atoms with Gasteiger partial charge in [0.15, 0.2) is 0 Å². The molecule has 106 valence electrons. The van der Waals surface area contributed by atoms with E-state index in [0.717, 1.165) is 22.0 Å². The minimum Gasteiger partial charge on any atom is -0.478 e. The Kier molecular flexibility index (Phi) is 3.31. The lowest BCUT2D eigenvalue weighted by Gasteiger charge is -2.12. The van der Waals surface area contributed by atoms with Crippen LogP contribution in [0.1, 0.15) is 12.5 Å². The van der Waals surface area contributed by atoms with E-state index >= 15 is 0 Å². The van der Waals surface area contributed by atoms with Gasteiger partial charge >= 0.3 is 5.97 Å². The van der Waals surface area contributed by atoms with Gasteiger partial charge in [-0.05, 0) is 41.6 Å². The standard InChI is InChI=1S/C16H15N3O2/c1-11(16(20)21)14(9-19-7-6-17-10-19)12-2-3-15-13(8-12)4-5-18-15/h2-8,10,18H,9H2,1H3,(H,20,21). The van der Waals surface area contributed by atoms with Crippen LogP contribution in [0.4, 0.5) is 0 Å². The molecule has 0 bridgehead atoms. The van der Waals surface area contributed by atoms with Crippen LogP contribution in [0.2, 0.25) is 0 Å². The number of rotatable bonds is 4. The largest absolute Gasteiger partial charge is 0.478 e. The van der Waals surface area contributed by atoms with Crippen LogP contribution >= 0.6 is 0 Å². The van der Waals surface area contributed by atoms with E-state index in [1.807, 2.05) is 41.2 Å². The summed E-state index contributed by atoms with van der Waals surface area (Å²) in [7, 11) is 0. The van der Waals surface area contributed by atoms with E-state index < -0.39 is 5.97 Å². The highest BCUT2D eigenvalue weighted by Crippen LogP contribution is 2.25. The van der Waals surface area contributed by atoms with Crippen LogP contribution in [-0.4, -0.2) is 25.6 Å². The van der Waals surface area contributed by atoms with E-state index in [1.54, 1.807) is 19.4 Å². The number of allylic oxidation sites excluding steroid dienone is 1. The normalized spacial score (nSPS) is 12.4. The van der Waals surface area contributed by atoms with Gasteiger partial charge in [-0.25, -0.2) is 9.78 Å². The fourth-order valence-corrected chi connectivity index (χ4v) is 2.36. The fraction of sp³-hybridized carbons (Fsp3) is 0.125. The molecule has 0 atom stereocenters. The van der Waals surface area contributed by atoms with Crippen LogP contribution < -0.4 is 0 Å². The van der Waals surface area contributed by atoms with Crippen molar-refractivity contribution in [2.45, 2.75) is 13.5 Å². The maximum atomic E-state index is 11.4. The van der Waals surface area contributed by atoms with Crippen LogP contribution in [0.25, 0.3) is 16.5 Å². The second-order valence-corrected chi connectivity index (χ2v) is 4.92. The molecule has 2 N–H and O–H groups in total. The summed E-state index contributed by atoms with van der Waals surface area (Å²) >= 11 is 0. The van der Waals surface area contributed by atoms with Gasteiger partial charge in [-0.15, -0.1) is 0 Å². The van der Waals surface area contributed by atoms with E-state index in [2.05, 4.69) is 9.97 Å². The van der Waals surface area contributed by atoms with E-state index in [-0.39, 0.29) is 0 Å². The number of hydrogen-bond acceptors (Lipinski definition) is 2. The SMILES string of the molecule is CC(C(=O)O)=C(Cn1ccnc1)c1ccc2[nH]ccc2c1. The zero-order valence-electron chi connectivity index (χ0n) is 11.6. The van der Waals surface area contributed by atoms with Crippen molar-refractivity contribution in [1.29, 1.82) is 0 Å². The molecule has 0 saturated carbocycles. The quantitative estimate of drug-likeness (QED) is 0.722. The Balaban J connectivity index is 2.09. The number of aromatic amines is 1. The molecule has 2 heterocycles. The summed E-state index contributed by atoms with van der Waals surface area (Å²) in [5, 5.41) is 10.4. The number of carboxylic acid groups (broad SMARTS) is 1. The first-order valence-electron chi connectivity index (χ1n) is 6.61. The van der Waals surface area contributed by atoms with Crippen LogP contribution in [0.5, 0.6) is 0 Å². The molecule has 3 rings (SSSR count). The Hall–Kier alpha value is -2.82. The van der Waals surface area contributed by atoms with E-state index in [1.165, 1.54) is 0 Å². The minimum absolute atomic E-state index is 0.346. The topological polar surface area (TPSA) is 70.9 Å². The van der Waals surface area contributed by atoms with Crippen molar-refractivity contribution in [3.63, 3.8) is 0 Å². The highest BCUT2D eigenvalue weighted by molar-refractivity contribution is 5.97. The molecule has 5 heteroatoms. The highest BCUT2D eigenvalue weighted by Gasteiger charge is 2.13. The third kappa shape index (κ3) is 2.58. The summed E-state index contributed by atoms with van der Waals surface area (Å²) in [6, 6.07) is 7.89. The first-order chi connectivity index (χ1) is 10.1. The second-order valence-electron chi connectivity index (χ2n) is 4.92. The van der Waals surface area contributed by atoms with Crippen LogP contribution in [-0.2, 0) is 11.3 Å². The average molecular weight is 281 g/mol. The third-order valence-electron chi connectivity index (χ3n) is 3.58. The molecule has 0 saturated heterocycles. The molecule has 0 radical (unpaired) electrons. The Bertz CT molecular complexity index is 813. The molecular formula is C16H15N3O2. The molecule has 0 aliphatic rings. The fourth-order valence-electron chi connectivity index (χ4n) is 2.36. The Morgan fingerprint density at radius 1 is 1.38 bits per heavy atom. The lowest BCUT2D eigenvalue weighted by atomic mass is 9.99. The molecular weight excluding hydrogens is 266 g/mol. The third-order valence-corrected chi connectivity index (χ3v) is 3.58. The van der Waals surface area contributed by atoms with Crippen molar-refractivity contribution in [2.24, 2.45) is 0 Å². The van der Waals surface area contributed by atoms with Gasteiger partial charge in [0.05, 0.1) is 6.33 Å². The number of nitrogens with zero attached hydrogens (tertiary/aromatic N) is 2. The predicted octanol–water partition coefficient (Wildman–Crippen LogP) is 2.92. The van der Waals surface area contributed by atoms with Gasteiger partial charge in [0.25, 0.3) is 0 Å². The molecule has 0 unspecified atom stereocenters. The van der Waals surface area contributed by atoms with Gasteiger partial charge in [0.2, 0.25) is 0 Å². The monoisotopic (exact) mass is 281 g/mol. The van der Waals surface area contributed by atoms with Crippen LogP contribution in [0.3, 0.4) is 0 Å². The first kappa shape index (κ1) is 13.2. The van der Waals surface area contributed by atoms with Gasteiger partial charge < -0.3 is 14.7 Å². The van der Waals surface area contributed by atoms with Crippen molar-refractivity contribution in [3.8, 4) is 0 Å². The Morgan fingerprint density at radius 3 is 2.95 bits per heavy atom. The Labute approximate surface area is 121 Å². The van der Waals surface area contributed by atoms with Gasteiger partial charge in [0.1, 0.15) is 0 Å². The number of nitrogens with one attached hydrogen (secondary N) is 1. The highest BCUT2D eigenvalue weighted by atomic mass is 16.4. The molecule has 0 spiro atoms. The average Bonchev–Trinajstić information content (AvgIpc) is 3.14. The zero-order chi connectivity index (χ0) is 14.8. The summed E-state index contributed by atoms with van der Waals surface area (Å²) in [5.74, 6) is -0.903. The van der Waals surface area contributed by atoms with Crippen molar-refractivity contribution in [2.75, 3.05) is 0 Å². The number of aromatic nitrogens is 3. The number of hydrogen-bond donors (Lipinski definition) is 2. The molecule has 0 aliphatic heterocycles. The molecule has 0 aliphatic carbocycles. The molecule has 21 heavy (non-hydrogen) atoms. The number of H-pyrrole nitrogens is 1. The van der Waals surface area contributed by atoms with Crippen LogP contribution in [0.15, 0.2) is 54.8 Å². The number of fused-ring (bicyclic) bond motifs is 1. The van der Waals surface area contributed by atoms with E-state index in [0.29, 0.717) is 12.1 Å². The van der Waals surface area contributed by atoms with E-state index in [9.17, 15) is 9.90 Å². The van der Waals surface area contributed by atoms with Gasteiger partial charge in [-0.2, -0.15) is 0 Å². The zero-order valence-corrected chi connectivity index (χ0v) is 11.6. The summed E-state index contributed by atoms with van der Waals surface area (Å²) in [6.07, 6.45) is 7.06. The number of carboxylic acids is 1. The van der Waals surface area contributed by atoms with Crippen molar-refractivity contribution in [1.82, 2.24) is 14.5 Å². The lowest BCUT2D eigenvalue weighted by molar-refractivity contribution is -0.132. The maximum Gasteiger partial charge on any atom is 0.331 e. The molecule has 1 aromatic carbocycles. The molecule has 5 nitrogen and oxygen atoms in total. The number of imidazole rings is 1. The number of aliphatic carboxylic acids is 1. The van der Waals surface area contributed by atoms with Crippen molar-refractivity contribution < 1.29 is 9.90 Å². The molecule has 0 amide bonds. The molecule has 0 fully saturated rings. The predicted molar refractivity (Wildman–Crippen MR) is 80.8 cm³/mol. The first-order valence-corrected chi connectivity index (χ1v) is 6.61.